The van der Waals surface area contributed by atoms with Crippen molar-refractivity contribution in [1.29, 1.82) is 0 Å². The number of thiazole rings is 1. The largest absolute Gasteiger partial charge is 0.466 e. The fourth-order valence-electron chi connectivity index (χ4n) is 5.44. The predicted molar refractivity (Wildman–Crippen MR) is 134 cm³/mol. The summed E-state index contributed by atoms with van der Waals surface area (Å²) in [5, 5.41) is 6.48. The number of hydrogen-bond acceptors (Lipinski definition) is 8. The Balaban J connectivity index is 1.68. The summed E-state index contributed by atoms with van der Waals surface area (Å²) in [7, 11) is 1.38. The third kappa shape index (κ3) is 4.68. The molecule has 1 aromatic carbocycles. The molecule has 0 aliphatic carbocycles. The molecule has 4 heterocycles. The van der Waals surface area contributed by atoms with Crippen LogP contribution in [0.1, 0.15) is 29.8 Å². The smallest absolute Gasteiger partial charge is 0.336 e. The minimum Gasteiger partial charge on any atom is -0.466 e. The monoisotopic (exact) mass is 518 g/mol. The number of rotatable bonds is 6. The number of aromatic nitrogens is 1. The Hall–Kier alpha value is -2.17. The number of nitrogens with one attached hydrogen (secondary N) is 1. The SMILES string of the molecule is CCC1C(c2nccs2)=NC(CN2C3CNCC2COC3)=C(C(=O)OC)C1c1ccc(F)cc1Cl. The summed E-state index contributed by atoms with van der Waals surface area (Å²) in [6, 6.07) is 4.72. The zero-order valence-corrected chi connectivity index (χ0v) is 21.2. The average molecular weight is 519 g/mol. The van der Waals surface area contributed by atoms with Gasteiger partial charge in [-0.2, -0.15) is 0 Å². The highest BCUT2D eigenvalue weighted by molar-refractivity contribution is 7.11. The minimum absolute atomic E-state index is 0.173. The van der Waals surface area contributed by atoms with Crippen molar-refractivity contribution in [1.82, 2.24) is 15.2 Å². The molecule has 3 aliphatic rings. The molecule has 2 fully saturated rings. The molecule has 35 heavy (non-hydrogen) atoms. The number of halogens is 2. The van der Waals surface area contributed by atoms with Gasteiger partial charge in [0.1, 0.15) is 10.8 Å². The fraction of sp³-hybridized carbons (Fsp3) is 0.480. The van der Waals surface area contributed by atoms with Crippen molar-refractivity contribution < 1.29 is 18.7 Å². The van der Waals surface area contributed by atoms with Crippen molar-refractivity contribution in [3.05, 3.63) is 62.5 Å². The van der Waals surface area contributed by atoms with Crippen LogP contribution in [0, 0.1) is 11.7 Å². The topological polar surface area (TPSA) is 76.0 Å². The van der Waals surface area contributed by atoms with Gasteiger partial charge >= 0.3 is 5.97 Å². The third-order valence-corrected chi connectivity index (χ3v) is 8.20. The summed E-state index contributed by atoms with van der Waals surface area (Å²) < 4.78 is 25.1. The number of nitrogens with zero attached hydrogens (tertiary/aromatic N) is 3. The second-order valence-corrected chi connectivity index (χ2v) is 10.3. The van der Waals surface area contributed by atoms with E-state index in [1.165, 1.54) is 30.6 Å². The van der Waals surface area contributed by atoms with Crippen LogP contribution in [-0.2, 0) is 14.3 Å². The van der Waals surface area contributed by atoms with Crippen molar-refractivity contribution >= 4 is 34.6 Å². The molecule has 7 nitrogen and oxygen atoms in total. The van der Waals surface area contributed by atoms with Gasteiger partial charge in [0, 0.05) is 60.2 Å². The van der Waals surface area contributed by atoms with Crippen LogP contribution in [0.15, 0.2) is 46.0 Å². The number of aliphatic imine (C=N–C) groups is 1. The van der Waals surface area contributed by atoms with Crippen molar-refractivity contribution in [2.24, 2.45) is 10.9 Å². The van der Waals surface area contributed by atoms with E-state index in [4.69, 9.17) is 26.1 Å². The lowest BCUT2D eigenvalue weighted by Crippen LogP contribution is -2.64. The Kier molecular flexibility index (Phi) is 7.31. The standard InChI is InChI=1S/C25H28ClFN4O3S/c1-3-17-21(18-5-4-14(27)8-19(18)26)22(25(32)33-2)20(30-23(17)24-29-6-7-35-24)11-31-15-9-28-10-16(31)13-34-12-15/h4-8,15-17,21,28H,3,9-13H2,1-2H3. The highest BCUT2D eigenvalue weighted by atomic mass is 35.5. The first kappa shape index (κ1) is 24.5. The maximum absolute atomic E-state index is 14.0. The van der Waals surface area contributed by atoms with Gasteiger partial charge < -0.3 is 14.8 Å². The lowest BCUT2D eigenvalue weighted by molar-refractivity contribution is -0.136. The van der Waals surface area contributed by atoms with Crippen LogP contribution in [0.2, 0.25) is 5.02 Å². The summed E-state index contributed by atoms with van der Waals surface area (Å²) in [5.41, 5.74) is 2.64. The second kappa shape index (κ2) is 10.4. The summed E-state index contributed by atoms with van der Waals surface area (Å²) >= 11 is 8.10. The molecule has 0 saturated carbocycles. The molecule has 0 amide bonds. The molecule has 0 spiro atoms. The summed E-state index contributed by atoms with van der Waals surface area (Å²) in [6.07, 6.45) is 2.45. The molecule has 1 aromatic heterocycles. The minimum atomic E-state index is -0.442. The van der Waals surface area contributed by atoms with E-state index in [2.05, 4.69) is 22.1 Å². The number of methoxy groups -OCH3 is 1. The Labute approximate surface area is 213 Å². The van der Waals surface area contributed by atoms with Gasteiger partial charge in [0.05, 0.1) is 37.3 Å². The van der Waals surface area contributed by atoms with Crippen LogP contribution < -0.4 is 5.32 Å². The highest BCUT2D eigenvalue weighted by Crippen LogP contribution is 2.45. The number of carbonyl (C=O) groups excluding carboxylic acids is 1. The lowest BCUT2D eigenvalue weighted by atomic mass is 9.74. The maximum Gasteiger partial charge on any atom is 0.336 e. The maximum atomic E-state index is 14.0. The molecule has 4 unspecified atom stereocenters. The molecule has 2 bridgehead atoms. The van der Waals surface area contributed by atoms with Crippen LogP contribution in [0.25, 0.3) is 0 Å². The molecule has 5 rings (SSSR count). The van der Waals surface area contributed by atoms with Gasteiger partial charge in [0.25, 0.3) is 0 Å². The number of ether oxygens (including phenoxy) is 2. The van der Waals surface area contributed by atoms with Crippen molar-refractivity contribution in [3.8, 4) is 0 Å². The van der Waals surface area contributed by atoms with Crippen LogP contribution in [0.4, 0.5) is 4.39 Å². The molecular weight excluding hydrogens is 491 g/mol. The number of morpholine rings is 1. The Bertz CT molecular complexity index is 1130. The number of piperazine rings is 1. The Morgan fingerprint density at radius 1 is 1.34 bits per heavy atom. The molecule has 2 aromatic rings. The van der Waals surface area contributed by atoms with E-state index in [0.717, 1.165) is 23.8 Å². The molecule has 186 valence electrons. The molecule has 1 N–H and O–H groups in total. The first-order valence-electron chi connectivity index (χ1n) is 11.8. The van der Waals surface area contributed by atoms with Gasteiger partial charge in [0.2, 0.25) is 0 Å². The van der Waals surface area contributed by atoms with Gasteiger partial charge in [-0.05, 0) is 24.1 Å². The third-order valence-electron chi connectivity index (χ3n) is 7.08. The van der Waals surface area contributed by atoms with Crippen molar-refractivity contribution in [2.75, 3.05) is 40.0 Å². The number of esters is 1. The Morgan fingerprint density at radius 2 is 2.11 bits per heavy atom. The van der Waals surface area contributed by atoms with E-state index in [-0.39, 0.29) is 23.0 Å². The molecule has 2 saturated heterocycles. The molecular formula is C25H28ClFN4O3S. The second-order valence-electron chi connectivity index (χ2n) is 9.02. The van der Waals surface area contributed by atoms with Crippen LogP contribution in [0.5, 0.6) is 0 Å². The quantitative estimate of drug-likeness (QED) is 0.588. The van der Waals surface area contributed by atoms with Gasteiger partial charge in [0.15, 0.2) is 0 Å². The summed E-state index contributed by atoms with van der Waals surface area (Å²) in [4.78, 5) is 25.4. The van der Waals surface area contributed by atoms with Crippen LogP contribution in [0.3, 0.4) is 0 Å². The van der Waals surface area contributed by atoms with Crippen LogP contribution in [-0.4, -0.2) is 73.6 Å². The average Bonchev–Trinajstić information content (AvgIpc) is 3.38. The van der Waals surface area contributed by atoms with E-state index in [0.29, 0.717) is 43.0 Å². The molecule has 4 atom stereocenters. The first-order chi connectivity index (χ1) is 17.0. The number of carbonyl (C=O) groups is 1. The van der Waals surface area contributed by atoms with Gasteiger partial charge in [-0.25, -0.2) is 14.2 Å². The fourth-order valence-corrected chi connectivity index (χ4v) is 6.42. The summed E-state index contributed by atoms with van der Waals surface area (Å²) in [5.74, 6) is -1.48. The van der Waals surface area contributed by atoms with E-state index in [1.807, 2.05) is 5.38 Å². The lowest BCUT2D eigenvalue weighted by Gasteiger charge is -2.46. The Morgan fingerprint density at radius 3 is 2.74 bits per heavy atom. The first-order valence-corrected chi connectivity index (χ1v) is 13.1. The van der Waals surface area contributed by atoms with E-state index >= 15 is 0 Å². The van der Waals surface area contributed by atoms with Crippen molar-refractivity contribution in [3.63, 3.8) is 0 Å². The highest BCUT2D eigenvalue weighted by Gasteiger charge is 2.43. The van der Waals surface area contributed by atoms with Gasteiger partial charge in [-0.15, -0.1) is 11.3 Å². The zero-order valence-electron chi connectivity index (χ0n) is 19.7. The summed E-state index contributed by atoms with van der Waals surface area (Å²) in [6.45, 7) is 5.40. The molecule has 3 aliphatic heterocycles. The van der Waals surface area contributed by atoms with Crippen LogP contribution >= 0.6 is 22.9 Å². The molecule has 0 radical (unpaired) electrons. The van der Waals surface area contributed by atoms with E-state index in [1.54, 1.807) is 12.3 Å². The molecule has 10 heteroatoms. The predicted octanol–water partition coefficient (Wildman–Crippen LogP) is 3.65. The van der Waals surface area contributed by atoms with E-state index in [9.17, 15) is 9.18 Å². The number of benzene rings is 1. The normalized spacial score (nSPS) is 27.0. The van der Waals surface area contributed by atoms with Gasteiger partial charge in [-0.1, -0.05) is 24.6 Å². The number of fused-ring (bicyclic) bond motifs is 2. The zero-order chi connectivity index (χ0) is 24.5. The number of hydrogen-bond donors (Lipinski definition) is 1. The van der Waals surface area contributed by atoms with Crippen molar-refractivity contribution in [2.45, 2.75) is 31.3 Å². The van der Waals surface area contributed by atoms with E-state index < -0.39 is 17.7 Å². The van der Waals surface area contributed by atoms with Gasteiger partial charge in [-0.3, -0.25) is 9.89 Å².